The number of aryl methyl sites for hydroxylation is 2. The molecular formula is C27H31N3O4S. The van der Waals surface area contributed by atoms with Gasteiger partial charge in [-0.25, -0.2) is 4.79 Å². The van der Waals surface area contributed by atoms with Gasteiger partial charge in [-0.05, 0) is 57.5 Å². The number of ether oxygens (including phenoxy) is 1. The maximum absolute atomic E-state index is 13.1. The molecule has 3 rings (SSSR count). The van der Waals surface area contributed by atoms with Crippen LogP contribution in [0, 0.1) is 13.8 Å². The van der Waals surface area contributed by atoms with E-state index in [2.05, 4.69) is 10.6 Å². The Labute approximate surface area is 210 Å². The second-order valence-corrected chi connectivity index (χ2v) is 9.39. The summed E-state index contributed by atoms with van der Waals surface area (Å²) in [5, 5.41) is 6.23. The van der Waals surface area contributed by atoms with Crippen LogP contribution in [0.3, 0.4) is 0 Å². The van der Waals surface area contributed by atoms with Crippen LogP contribution in [0.25, 0.3) is 10.4 Å². The molecule has 1 aromatic heterocycles. The summed E-state index contributed by atoms with van der Waals surface area (Å²) in [7, 11) is 1.71. The number of esters is 1. The molecule has 0 radical (unpaired) electrons. The van der Waals surface area contributed by atoms with E-state index in [0.717, 1.165) is 27.3 Å². The summed E-state index contributed by atoms with van der Waals surface area (Å²) in [4.78, 5) is 40.7. The van der Waals surface area contributed by atoms with Gasteiger partial charge in [0.1, 0.15) is 5.00 Å². The van der Waals surface area contributed by atoms with Gasteiger partial charge in [0.25, 0.3) is 0 Å². The predicted molar refractivity (Wildman–Crippen MR) is 141 cm³/mol. The van der Waals surface area contributed by atoms with E-state index in [1.54, 1.807) is 31.9 Å². The van der Waals surface area contributed by atoms with Gasteiger partial charge in [0.05, 0.1) is 24.8 Å². The molecule has 0 aliphatic rings. The fourth-order valence-electron chi connectivity index (χ4n) is 3.56. The van der Waals surface area contributed by atoms with Gasteiger partial charge in [-0.3, -0.25) is 14.5 Å². The number of rotatable bonds is 9. The molecule has 184 valence electrons. The molecule has 1 atom stereocenters. The summed E-state index contributed by atoms with van der Waals surface area (Å²) in [6.07, 6.45) is 0. The van der Waals surface area contributed by atoms with E-state index in [0.29, 0.717) is 10.6 Å². The Hall–Kier alpha value is -3.49. The Morgan fingerprint density at radius 1 is 1.00 bits per heavy atom. The number of carbonyl (C=O) groups is 3. The first kappa shape index (κ1) is 26.1. The Morgan fingerprint density at radius 2 is 1.66 bits per heavy atom. The summed E-state index contributed by atoms with van der Waals surface area (Å²) in [6.45, 7) is 7.60. The average Bonchev–Trinajstić information content (AvgIpc) is 3.25. The van der Waals surface area contributed by atoms with Crippen LogP contribution in [-0.4, -0.2) is 48.9 Å². The quantitative estimate of drug-likeness (QED) is 0.405. The molecule has 2 N–H and O–H groups in total. The van der Waals surface area contributed by atoms with E-state index >= 15 is 0 Å². The molecule has 0 bridgehead atoms. The smallest absolute Gasteiger partial charge is 0.341 e. The minimum Gasteiger partial charge on any atom is -0.462 e. The highest BCUT2D eigenvalue weighted by Crippen LogP contribution is 2.36. The van der Waals surface area contributed by atoms with Gasteiger partial charge < -0.3 is 15.4 Å². The minimum atomic E-state index is -0.615. The van der Waals surface area contributed by atoms with E-state index in [9.17, 15) is 14.4 Å². The number of hydrogen-bond donors (Lipinski definition) is 2. The highest BCUT2D eigenvalue weighted by atomic mass is 32.1. The van der Waals surface area contributed by atoms with Gasteiger partial charge in [0, 0.05) is 10.6 Å². The van der Waals surface area contributed by atoms with E-state index in [4.69, 9.17) is 4.74 Å². The topological polar surface area (TPSA) is 87.7 Å². The molecule has 0 fully saturated rings. The molecule has 0 saturated heterocycles. The third-order valence-corrected chi connectivity index (χ3v) is 6.80. The molecule has 0 spiro atoms. The number of nitrogens with one attached hydrogen (secondary N) is 2. The monoisotopic (exact) mass is 493 g/mol. The average molecular weight is 494 g/mol. The summed E-state index contributed by atoms with van der Waals surface area (Å²) < 4.78 is 5.19. The van der Waals surface area contributed by atoms with Crippen molar-refractivity contribution in [2.45, 2.75) is 33.7 Å². The number of benzene rings is 2. The van der Waals surface area contributed by atoms with Gasteiger partial charge in [-0.15, -0.1) is 11.3 Å². The second kappa shape index (κ2) is 11.8. The molecule has 7 nitrogen and oxygen atoms in total. The van der Waals surface area contributed by atoms with Crippen molar-refractivity contribution in [1.82, 2.24) is 4.90 Å². The molecule has 8 heteroatoms. The Bertz CT molecular complexity index is 1190. The number of nitrogens with zero attached hydrogens (tertiary/aromatic N) is 1. The summed E-state index contributed by atoms with van der Waals surface area (Å²) >= 11 is 1.31. The van der Waals surface area contributed by atoms with Crippen LogP contribution in [0.4, 0.5) is 10.7 Å². The Balaban J connectivity index is 1.71. The van der Waals surface area contributed by atoms with Crippen molar-refractivity contribution < 1.29 is 19.1 Å². The van der Waals surface area contributed by atoms with Crippen molar-refractivity contribution >= 4 is 39.8 Å². The van der Waals surface area contributed by atoms with E-state index < -0.39 is 12.0 Å². The number of likely N-dealkylation sites (N-methyl/N-ethyl adjacent to an activating group) is 1. The maximum atomic E-state index is 13.1. The maximum Gasteiger partial charge on any atom is 0.341 e. The number of thiophene rings is 1. The minimum absolute atomic E-state index is 0.0345. The van der Waals surface area contributed by atoms with Crippen LogP contribution in [0.15, 0.2) is 54.6 Å². The Kier molecular flexibility index (Phi) is 8.78. The van der Waals surface area contributed by atoms with Crippen molar-refractivity contribution in [2.24, 2.45) is 0 Å². The van der Waals surface area contributed by atoms with Crippen LogP contribution in [0.1, 0.15) is 35.3 Å². The molecular weight excluding hydrogens is 462 g/mol. The van der Waals surface area contributed by atoms with Gasteiger partial charge >= 0.3 is 5.97 Å². The molecule has 3 aromatic rings. The highest BCUT2D eigenvalue weighted by Gasteiger charge is 2.25. The van der Waals surface area contributed by atoms with Crippen molar-refractivity contribution in [2.75, 3.05) is 30.8 Å². The summed E-state index contributed by atoms with van der Waals surface area (Å²) in [5.41, 5.74) is 3.99. The molecule has 0 unspecified atom stereocenters. The van der Waals surface area contributed by atoms with Crippen LogP contribution in [-0.2, 0) is 14.3 Å². The third-order valence-electron chi connectivity index (χ3n) is 5.70. The Morgan fingerprint density at radius 3 is 2.29 bits per heavy atom. The zero-order chi connectivity index (χ0) is 25.5. The number of anilines is 2. The first-order valence-electron chi connectivity index (χ1n) is 11.4. The number of hydrogen-bond acceptors (Lipinski definition) is 6. The lowest BCUT2D eigenvalue weighted by Gasteiger charge is -2.23. The van der Waals surface area contributed by atoms with Gasteiger partial charge in [-0.1, -0.05) is 48.5 Å². The lowest BCUT2D eigenvalue weighted by molar-refractivity contribution is -0.122. The zero-order valence-electron chi connectivity index (χ0n) is 20.7. The second-order valence-electron chi connectivity index (χ2n) is 8.34. The molecule has 35 heavy (non-hydrogen) atoms. The molecule has 1 heterocycles. The van der Waals surface area contributed by atoms with Gasteiger partial charge in [-0.2, -0.15) is 0 Å². The number of amides is 2. The summed E-state index contributed by atoms with van der Waals surface area (Å²) in [5.74, 6) is -1.02. The largest absolute Gasteiger partial charge is 0.462 e. The molecule has 2 amide bonds. The summed E-state index contributed by atoms with van der Waals surface area (Å²) in [6, 6.07) is 16.6. The first-order valence-corrected chi connectivity index (χ1v) is 12.3. The highest BCUT2D eigenvalue weighted by molar-refractivity contribution is 7.20. The van der Waals surface area contributed by atoms with Crippen LogP contribution in [0.5, 0.6) is 0 Å². The van der Waals surface area contributed by atoms with Crippen LogP contribution in [0.2, 0.25) is 0 Å². The van der Waals surface area contributed by atoms with Crippen molar-refractivity contribution in [1.29, 1.82) is 0 Å². The lowest BCUT2D eigenvalue weighted by Crippen LogP contribution is -2.43. The molecule has 0 aliphatic carbocycles. The van der Waals surface area contributed by atoms with Gasteiger partial charge in [0.15, 0.2) is 0 Å². The molecule has 0 saturated carbocycles. The number of carbonyl (C=O) groups excluding carboxylic acids is 3. The lowest BCUT2D eigenvalue weighted by atomic mass is 10.1. The van der Waals surface area contributed by atoms with E-state index in [1.165, 1.54) is 11.3 Å². The van der Waals surface area contributed by atoms with E-state index in [-0.39, 0.29) is 25.0 Å². The fourth-order valence-corrected chi connectivity index (χ4v) is 4.61. The first-order chi connectivity index (χ1) is 16.7. The SMILES string of the molecule is CCOC(=O)c1cc(-c2ccccc2)sc1NC(=O)[C@H](C)N(C)CC(=O)Nc1c(C)cccc1C. The van der Waals surface area contributed by atoms with Gasteiger partial charge in [0.2, 0.25) is 11.8 Å². The molecule has 0 aliphatic heterocycles. The van der Waals surface area contributed by atoms with Crippen molar-refractivity contribution in [3.8, 4) is 10.4 Å². The predicted octanol–water partition coefficient (Wildman–Crippen LogP) is 5.11. The van der Waals surface area contributed by atoms with Crippen LogP contribution >= 0.6 is 11.3 Å². The molecule has 2 aromatic carbocycles. The zero-order valence-corrected chi connectivity index (χ0v) is 21.5. The standard InChI is InChI=1S/C27H31N3O4S/c1-6-34-27(33)21-15-22(20-13-8-7-9-14-20)35-26(21)29-25(32)19(4)30(5)16-23(31)28-24-17(2)11-10-12-18(24)3/h7-15,19H,6,16H2,1-5H3,(H,28,31)(H,29,32)/t19-/m0/s1. The van der Waals surface area contributed by atoms with Crippen molar-refractivity contribution in [3.63, 3.8) is 0 Å². The normalized spacial score (nSPS) is 11.7. The third kappa shape index (κ3) is 6.55. The van der Waals surface area contributed by atoms with Crippen molar-refractivity contribution in [3.05, 3.63) is 71.3 Å². The van der Waals surface area contributed by atoms with E-state index in [1.807, 2.05) is 62.4 Å². The van der Waals surface area contributed by atoms with Crippen LogP contribution < -0.4 is 10.6 Å². The number of para-hydroxylation sites is 1. The fraction of sp³-hybridized carbons (Fsp3) is 0.296.